The van der Waals surface area contributed by atoms with Gasteiger partial charge < -0.3 is 10.6 Å². The van der Waals surface area contributed by atoms with Crippen molar-refractivity contribution in [3.63, 3.8) is 0 Å². The van der Waals surface area contributed by atoms with Gasteiger partial charge in [0, 0.05) is 31.4 Å². The molecule has 5 rings (SSSR count). The van der Waals surface area contributed by atoms with E-state index in [0.717, 1.165) is 27.1 Å². The van der Waals surface area contributed by atoms with E-state index in [4.69, 9.17) is 0 Å². The van der Waals surface area contributed by atoms with Crippen LogP contribution in [0, 0.1) is 6.92 Å². The zero-order chi connectivity index (χ0) is 24.6. The lowest BCUT2D eigenvalue weighted by molar-refractivity contribution is -0.173. The standard InChI is InChI=1S/C25H23F3N6O/c1-16-3-7-18(8-4-16)20-13-22(25(26,27)28)34-23(31-20)14-21(32-34)24(35)29-15-17-5-9-19(10-6-17)33-12-2-11-30-33/h2-12,14,20,22,31H,13,15H2,1H3,(H,29,35). The molecule has 7 nitrogen and oxygen atoms in total. The average molecular weight is 480 g/mol. The fourth-order valence-corrected chi connectivity index (χ4v) is 4.16. The van der Waals surface area contributed by atoms with Crippen LogP contribution in [0.15, 0.2) is 73.1 Å². The molecule has 10 heteroatoms. The molecule has 0 bridgehead atoms. The van der Waals surface area contributed by atoms with Crippen LogP contribution in [-0.2, 0) is 6.54 Å². The van der Waals surface area contributed by atoms with Gasteiger partial charge >= 0.3 is 6.18 Å². The molecule has 0 fully saturated rings. The van der Waals surface area contributed by atoms with Crippen molar-refractivity contribution in [2.45, 2.75) is 38.1 Å². The van der Waals surface area contributed by atoms with Gasteiger partial charge in [-0.25, -0.2) is 9.36 Å². The number of carbonyl (C=O) groups excluding carboxylic acids is 1. The molecule has 180 valence electrons. The van der Waals surface area contributed by atoms with Crippen LogP contribution in [0.3, 0.4) is 0 Å². The number of nitrogens with one attached hydrogen (secondary N) is 2. The summed E-state index contributed by atoms with van der Waals surface area (Å²) >= 11 is 0. The first-order valence-electron chi connectivity index (χ1n) is 11.1. The number of aryl methyl sites for hydroxylation is 1. The maximum Gasteiger partial charge on any atom is 0.410 e. The maximum atomic E-state index is 13.9. The van der Waals surface area contributed by atoms with Gasteiger partial charge in [0.15, 0.2) is 11.7 Å². The van der Waals surface area contributed by atoms with E-state index in [9.17, 15) is 18.0 Å². The molecule has 2 aromatic heterocycles. The van der Waals surface area contributed by atoms with Crippen molar-refractivity contribution < 1.29 is 18.0 Å². The molecule has 2 unspecified atom stereocenters. The number of alkyl halides is 3. The highest BCUT2D eigenvalue weighted by Crippen LogP contribution is 2.43. The molecule has 1 aliphatic heterocycles. The van der Waals surface area contributed by atoms with E-state index in [1.807, 2.05) is 67.7 Å². The Labute approximate surface area is 199 Å². The quantitative estimate of drug-likeness (QED) is 0.423. The zero-order valence-corrected chi connectivity index (χ0v) is 18.8. The number of anilines is 1. The lowest BCUT2D eigenvalue weighted by Crippen LogP contribution is -2.35. The number of rotatable bonds is 5. The number of benzene rings is 2. The van der Waals surface area contributed by atoms with Crippen LogP contribution >= 0.6 is 0 Å². The summed E-state index contributed by atoms with van der Waals surface area (Å²) in [4.78, 5) is 12.7. The number of carbonyl (C=O) groups is 1. The van der Waals surface area contributed by atoms with Gasteiger partial charge in [0.1, 0.15) is 5.82 Å². The monoisotopic (exact) mass is 480 g/mol. The van der Waals surface area contributed by atoms with Crippen molar-refractivity contribution in [2.75, 3.05) is 5.32 Å². The molecule has 0 spiro atoms. The van der Waals surface area contributed by atoms with E-state index in [0.29, 0.717) is 0 Å². The number of hydrogen-bond donors (Lipinski definition) is 2. The van der Waals surface area contributed by atoms with Crippen LogP contribution in [0.25, 0.3) is 5.69 Å². The number of halogens is 3. The van der Waals surface area contributed by atoms with Gasteiger partial charge in [-0.2, -0.15) is 23.4 Å². The van der Waals surface area contributed by atoms with E-state index >= 15 is 0 Å². The Morgan fingerprint density at radius 1 is 1.14 bits per heavy atom. The van der Waals surface area contributed by atoms with Crippen molar-refractivity contribution in [1.29, 1.82) is 0 Å². The zero-order valence-electron chi connectivity index (χ0n) is 18.8. The van der Waals surface area contributed by atoms with Gasteiger partial charge in [0.05, 0.1) is 11.7 Å². The third kappa shape index (κ3) is 4.77. The first-order valence-corrected chi connectivity index (χ1v) is 11.1. The molecule has 35 heavy (non-hydrogen) atoms. The molecule has 4 aromatic rings. The molecular formula is C25H23F3N6O. The second kappa shape index (κ2) is 8.94. The Hall–Kier alpha value is -4.08. The maximum absolute atomic E-state index is 13.9. The molecule has 2 atom stereocenters. The summed E-state index contributed by atoms with van der Waals surface area (Å²) in [7, 11) is 0. The predicted molar refractivity (Wildman–Crippen MR) is 124 cm³/mol. The van der Waals surface area contributed by atoms with Gasteiger partial charge in [-0.3, -0.25) is 4.79 Å². The summed E-state index contributed by atoms with van der Waals surface area (Å²) in [6.07, 6.45) is -1.22. The summed E-state index contributed by atoms with van der Waals surface area (Å²) in [5, 5.41) is 14.0. The molecular weight excluding hydrogens is 457 g/mol. The largest absolute Gasteiger partial charge is 0.410 e. The lowest BCUT2D eigenvalue weighted by Gasteiger charge is -2.33. The van der Waals surface area contributed by atoms with E-state index in [1.165, 1.54) is 6.07 Å². The first kappa shape index (κ1) is 22.7. The Balaban J connectivity index is 1.31. The summed E-state index contributed by atoms with van der Waals surface area (Å²) in [6.45, 7) is 2.13. The topological polar surface area (TPSA) is 76.8 Å². The third-order valence-corrected chi connectivity index (χ3v) is 6.06. The summed E-state index contributed by atoms with van der Waals surface area (Å²) in [5.74, 6) is -0.379. The summed E-state index contributed by atoms with van der Waals surface area (Å²) in [6, 6.07) is 15.6. The molecule has 0 saturated carbocycles. The second-order valence-electron chi connectivity index (χ2n) is 8.56. The number of hydrogen-bond acceptors (Lipinski definition) is 4. The summed E-state index contributed by atoms with van der Waals surface area (Å²) < 4.78 is 44.3. The molecule has 2 aromatic carbocycles. The third-order valence-electron chi connectivity index (χ3n) is 6.06. The normalized spacial score (nSPS) is 17.5. The highest BCUT2D eigenvalue weighted by Gasteiger charge is 2.46. The fraction of sp³-hybridized carbons (Fsp3) is 0.240. The van der Waals surface area contributed by atoms with Crippen molar-refractivity contribution in [2.24, 2.45) is 0 Å². The van der Waals surface area contributed by atoms with Crippen LogP contribution in [0.4, 0.5) is 19.0 Å². The van der Waals surface area contributed by atoms with Crippen molar-refractivity contribution in [3.05, 3.63) is 95.4 Å². The van der Waals surface area contributed by atoms with E-state index in [2.05, 4.69) is 20.8 Å². The van der Waals surface area contributed by atoms with E-state index < -0.39 is 24.2 Å². The van der Waals surface area contributed by atoms with Crippen LogP contribution in [0.5, 0.6) is 0 Å². The van der Waals surface area contributed by atoms with Gasteiger partial charge in [-0.15, -0.1) is 0 Å². The number of fused-ring (bicyclic) bond motifs is 1. The molecule has 0 radical (unpaired) electrons. The Morgan fingerprint density at radius 3 is 2.54 bits per heavy atom. The highest BCUT2D eigenvalue weighted by atomic mass is 19.4. The molecule has 3 heterocycles. The van der Waals surface area contributed by atoms with Crippen molar-refractivity contribution >= 4 is 11.7 Å². The number of nitrogens with zero attached hydrogens (tertiary/aromatic N) is 4. The minimum absolute atomic E-state index is 0.0699. The van der Waals surface area contributed by atoms with Gasteiger partial charge in [0.2, 0.25) is 0 Å². The molecule has 2 N–H and O–H groups in total. The van der Waals surface area contributed by atoms with Crippen LogP contribution < -0.4 is 10.6 Å². The predicted octanol–water partition coefficient (Wildman–Crippen LogP) is 4.97. The smallest absolute Gasteiger partial charge is 0.363 e. The Bertz CT molecular complexity index is 1310. The molecule has 1 aliphatic rings. The second-order valence-corrected chi connectivity index (χ2v) is 8.56. The van der Waals surface area contributed by atoms with Crippen molar-refractivity contribution in [3.8, 4) is 5.69 Å². The minimum atomic E-state index is -4.50. The van der Waals surface area contributed by atoms with Gasteiger partial charge in [-0.05, 0) is 36.2 Å². The Morgan fingerprint density at radius 2 is 1.89 bits per heavy atom. The van der Waals surface area contributed by atoms with Gasteiger partial charge in [0.25, 0.3) is 5.91 Å². The number of aromatic nitrogens is 4. The molecule has 0 aliphatic carbocycles. The number of amides is 1. The average Bonchev–Trinajstić information content (AvgIpc) is 3.52. The SMILES string of the molecule is Cc1ccc(C2CC(C(F)(F)F)n3nc(C(=O)NCc4ccc(-n5cccn5)cc4)cc3N2)cc1. The first-order chi connectivity index (χ1) is 16.8. The van der Waals surface area contributed by atoms with Crippen molar-refractivity contribution in [1.82, 2.24) is 24.9 Å². The highest BCUT2D eigenvalue weighted by molar-refractivity contribution is 5.93. The minimum Gasteiger partial charge on any atom is -0.363 e. The van der Waals surface area contributed by atoms with Crippen LogP contribution in [0.1, 0.15) is 45.7 Å². The van der Waals surface area contributed by atoms with Crippen LogP contribution in [-0.4, -0.2) is 31.6 Å². The van der Waals surface area contributed by atoms with E-state index in [-0.39, 0.29) is 24.5 Å². The Kier molecular flexibility index (Phi) is 5.80. The van der Waals surface area contributed by atoms with Crippen LogP contribution in [0.2, 0.25) is 0 Å². The van der Waals surface area contributed by atoms with Gasteiger partial charge in [-0.1, -0.05) is 42.0 Å². The summed E-state index contributed by atoms with van der Waals surface area (Å²) in [5.41, 5.74) is 3.42. The lowest BCUT2D eigenvalue weighted by atomic mass is 9.96. The molecule has 0 saturated heterocycles. The fourth-order valence-electron chi connectivity index (χ4n) is 4.16. The molecule has 1 amide bonds. The van der Waals surface area contributed by atoms with E-state index in [1.54, 1.807) is 10.9 Å².